The highest BCUT2D eigenvalue weighted by Crippen LogP contribution is 2.45. The number of thioether (sulfide) groups is 1. The molecule has 0 aromatic heterocycles. The number of hydrogen-bond donors (Lipinski definition) is 1. The monoisotopic (exact) mass is 301 g/mol. The Kier molecular flexibility index (Phi) is 4.55. The summed E-state index contributed by atoms with van der Waals surface area (Å²) in [5.74, 6) is 0. The molecular weight excluding hydrogens is 276 g/mol. The van der Waals surface area contributed by atoms with Crippen LogP contribution in [-0.2, 0) is 14.3 Å². The maximum absolute atomic E-state index is 11.5. The molecule has 6 heteroatoms. The lowest BCUT2D eigenvalue weighted by Crippen LogP contribution is -3.14. The fourth-order valence-electron chi connectivity index (χ4n) is 3.29. The first-order valence-electron chi connectivity index (χ1n) is 7.67. The highest BCUT2D eigenvalue weighted by atomic mass is 32.2. The molecule has 0 saturated carbocycles. The summed E-state index contributed by atoms with van der Waals surface area (Å²) in [6.45, 7) is 6.77. The Morgan fingerprint density at radius 1 is 1.40 bits per heavy atom. The largest absolute Gasteiger partial charge is 0.380 e. The molecule has 0 aliphatic carbocycles. The van der Waals surface area contributed by atoms with Crippen LogP contribution < -0.4 is 4.90 Å². The summed E-state index contributed by atoms with van der Waals surface area (Å²) in [6, 6.07) is 0. The molecule has 20 heavy (non-hydrogen) atoms. The maximum atomic E-state index is 11.5. The summed E-state index contributed by atoms with van der Waals surface area (Å²) in [5.41, 5.74) is -0.273. The lowest BCUT2D eigenvalue weighted by molar-refractivity contribution is -0.914. The van der Waals surface area contributed by atoms with Crippen LogP contribution in [0.2, 0.25) is 0 Å². The number of quaternary nitrogens is 1. The van der Waals surface area contributed by atoms with Gasteiger partial charge in [-0.05, 0) is 26.2 Å². The van der Waals surface area contributed by atoms with Crippen LogP contribution >= 0.6 is 11.8 Å². The molecule has 0 spiro atoms. The van der Waals surface area contributed by atoms with Crippen LogP contribution in [0.3, 0.4) is 0 Å². The van der Waals surface area contributed by atoms with Crippen LogP contribution in [0.1, 0.15) is 32.6 Å². The fourth-order valence-corrected chi connectivity index (χ4v) is 4.77. The average molecular weight is 301 g/mol. The van der Waals surface area contributed by atoms with Crippen LogP contribution in [0.25, 0.3) is 0 Å². The van der Waals surface area contributed by atoms with Gasteiger partial charge in [0.25, 0.3) is 0 Å². The van der Waals surface area contributed by atoms with Gasteiger partial charge in [-0.25, -0.2) is 0 Å². The second-order valence-corrected chi connectivity index (χ2v) is 7.52. The molecule has 0 unspecified atom stereocenters. The first-order valence-corrected chi connectivity index (χ1v) is 8.61. The zero-order valence-electron chi connectivity index (χ0n) is 12.2. The van der Waals surface area contributed by atoms with Crippen molar-refractivity contribution >= 4 is 18.2 Å². The van der Waals surface area contributed by atoms with Crippen molar-refractivity contribution in [3.8, 4) is 0 Å². The number of nitrogens with one attached hydrogen (secondary N) is 1. The first kappa shape index (κ1) is 14.6. The van der Waals surface area contributed by atoms with E-state index in [-0.39, 0.29) is 11.2 Å². The number of ether oxygens (including phenoxy) is 2. The molecule has 0 radical (unpaired) electrons. The Balaban J connectivity index is 1.60. The van der Waals surface area contributed by atoms with Gasteiger partial charge in [0.1, 0.15) is 0 Å². The van der Waals surface area contributed by atoms with Gasteiger partial charge in [-0.2, -0.15) is 0 Å². The molecule has 1 N–H and O–H groups in total. The number of carbonyl (C=O) groups is 1. The molecule has 0 aromatic carbocycles. The number of piperidine rings is 1. The molecule has 5 nitrogen and oxygen atoms in total. The molecule has 3 atom stereocenters. The molecule has 1 amide bonds. The number of hydrogen-bond acceptors (Lipinski definition) is 4. The first-order chi connectivity index (χ1) is 9.71. The highest BCUT2D eigenvalue weighted by molar-refractivity contribution is 8.00. The minimum absolute atomic E-state index is 0.133. The Morgan fingerprint density at radius 2 is 2.20 bits per heavy atom. The number of amides is 1. The molecular formula is C14H25N2O3S+. The number of carbonyl (C=O) groups excluding carboxylic acids is 1. The third kappa shape index (κ3) is 2.98. The van der Waals surface area contributed by atoms with E-state index in [4.69, 9.17) is 9.47 Å². The minimum Gasteiger partial charge on any atom is -0.380 e. The summed E-state index contributed by atoms with van der Waals surface area (Å²) in [4.78, 5) is 14.8. The minimum atomic E-state index is -0.140. The third-order valence-corrected chi connectivity index (χ3v) is 6.28. The molecule has 0 bridgehead atoms. The van der Waals surface area contributed by atoms with Crippen LogP contribution in [-0.4, -0.2) is 60.7 Å². The summed E-state index contributed by atoms with van der Waals surface area (Å²) < 4.78 is 11.8. The van der Waals surface area contributed by atoms with E-state index in [0.29, 0.717) is 5.25 Å². The Morgan fingerprint density at radius 3 is 2.90 bits per heavy atom. The number of likely N-dealkylation sites (tertiary alicyclic amines) is 1. The topological polar surface area (TPSA) is 43.2 Å². The van der Waals surface area contributed by atoms with E-state index in [0.717, 1.165) is 32.7 Å². The smallest absolute Gasteiger partial charge is 0.216 e. The van der Waals surface area contributed by atoms with Crippen molar-refractivity contribution in [2.24, 2.45) is 0 Å². The van der Waals surface area contributed by atoms with Crippen molar-refractivity contribution in [1.29, 1.82) is 0 Å². The van der Waals surface area contributed by atoms with Crippen molar-refractivity contribution in [2.75, 3.05) is 33.0 Å². The van der Waals surface area contributed by atoms with Crippen LogP contribution in [0, 0.1) is 0 Å². The maximum Gasteiger partial charge on any atom is 0.216 e. The molecule has 0 aromatic rings. The molecule has 3 aliphatic heterocycles. The van der Waals surface area contributed by atoms with Gasteiger partial charge in [-0.3, -0.25) is 9.69 Å². The highest BCUT2D eigenvalue weighted by Gasteiger charge is 2.49. The van der Waals surface area contributed by atoms with Crippen LogP contribution in [0.15, 0.2) is 0 Å². The normalized spacial score (nSPS) is 38.5. The van der Waals surface area contributed by atoms with Crippen molar-refractivity contribution < 1.29 is 19.2 Å². The van der Waals surface area contributed by atoms with Gasteiger partial charge in [0.2, 0.25) is 6.41 Å². The van der Waals surface area contributed by atoms with Gasteiger partial charge in [0, 0.05) is 13.0 Å². The molecule has 3 heterocycles. The van der Waals surface area contributed by atoms with E-state index in [1.807, 2.05) is 4.90 Å². The lowest BCUT2D eigenvalue weighted by atomic mass is 9.96. The average Bonchev–Trinajstić information content (AvgIpc) is 2.83. The summed E-state index contributed by atoms with van der Waals surface area (Å²) in [7, 11) is 0. The molecule has 114 valence electrons. The van der Waals surface area contributed by atoms with Crippen molar-refractivity contribution in [1.82, 2.24) is 4.90 Å². The molecule has 3 fully saturated rings. The van der Waals surface area contributed by atoms with E-state index >= 15 is 0 Å². The van der Waals surface area contributed by atoms with Crippen LogP contribution in [0.4, 0.5) is 0 Å². The van der Waals surface area contributed by atoms with E-state index in [9.17, 15) is 4.79 Å². The molecule has 3 rings (SSSR count). The van der Waals surface area contributed by atoms with E-state index in [2.05, 4.69) is 6.92 Å². The zero-order valence-corrected chi connectivity index (χ0v) is 13.0. The standard InChI is InChI=1S/C14H24N2O3S/c1-14-5-8-18-9-12(14)20-13(19-14)16(11-17)10-15-6-3-2-4-7-15/h11-13H,2-10H2,1H3/p+1/t12-,13-,14-/m1/s1. The van der Waals surface area contributed by atoms with Gasteiger partial charge in [-0.1, -0.05) is 11.8 Å². The summed E-state index contributed by atoms with van der Waals surface area (Å²) in [5, 5.41) is 0.347. The van der Waals surface area contributed by atoms with Gasteiger partial charge in [0.15, 0.2) is 12.2 Å². The van der Waals surface area contributed by atoms with E-state index in [1.165, 1.54) is 37.3 Å². The fraction of sp³-hybridized carbons (Fsp3) is 0.929. The van der Waals surface area contributed by atoms with Crippen LogP contribution in [0.5, 0.6) is 0 Å². The van der Waals surface area contributed by atoms with Crippen molar-refractivity contribution in [3.63, 3.8) is 0 Å². The molecule has 3 saturated heterocycles. The molecule has 3 aliphatic rings. The Labute approximate surface area is 124 Å². The van der Waals surface area contributed by atoms with Gasteiger partial charge >= 0.3 is 0 Å². The number of nitrogens with zero attached hydrogens (tertiary/aromatic N) is 1. The summed E-state index contributed by atoms with van der Waals surface area (Å²) >= 11 is 1.75. The van der Waals surface area contributed by atoms with Gasteiger partial charge in [-0.15, -0.1) is 0 Å². The SMILES string of the molecule is C[C@@]12CCOC[C@H]1S[C@H](N(C=O)C[NH+]1CCCCC1)O2. The van der Waals surface area contributed by atoms with Crippen molar-refractivity contribution in [3.05, 3.63) is 0 Å². The quantitative estimate of drug-likeness (QED) is 0.746. The van der Waals surface area contributed by atoms with Gasteiger partial charge in [0.05, 0.1) is 30.5 Å². The lowest BCUT2D eigenvalue weighted by Gasteiger charge is -2.34. The number of fused-ring (bicyclic) bond motifs is 1. The van der Waals surface area contributed by atoms with E-state index < -0.39 is 0 Å². The van der Waals surface area contributed by atoms with E-state index in [1.54, 1.807) is 11.8 Å². The number of rotatable bonds is 4. The Bertz CT molecular complexity index is 351. The van der Waals surface area contributed by atoms with Gasteiger partial charge < -0.3 is 14.4 Å². The second kappa shape index (κ2) is 6.22. The summed E-state index contributed by atoms with van der Waals surface area (Å²) in [6.07, 6.45) is 5.76. The Hall–Kier alpha value is -0.300. The zero-order chi connectivity index (χ0) is 14.0. The van der Waals surface area contributed by atoms with Crippen molar-refractivity contribution in [2.45, 2.75) is 49.0 Å². The second-order valence-electron chi connectivity index (χ2n) is 6.28. The predicted octanol–water partition coefficient (Wildman–Crippen LogP) is 0.0657. The predicted molar refractivity (Wildman–Crippen MR) is 77.4 cm³/mol. The third-order valence-electron chi connectivity index (χ3n) is 4.72.